The predicted molar refractivity (Wildman–Crippen MR) is 100 cm³/mol. The van der Waals surface area contributed by atoms with Crippen LogP contribution in [-0.2, 0) is 6.42 Å². The minimum atomic E-state index is -0.383. The Morgan fingerprint density at radius 3 is 2.54 bits per heavy atom. The number of nitriles is 1. The summed E-state index contributed by atoms with van der Waals surface area (Å²) in [7, 11) is 0. The highest BCUT2D eigenvalue weighted by Gasteiger charge is 2.09. The fourth-order valence-electron chi connectivity index (χ4n) is 2.34. The van der Waals surface area contributed by atoms with Gasteiger partial charge in [-0.3, -0.25) is 4.79 Å². The third-order valence-corrected chi connectivity index (χ3v) is 3.77. The zero-order chi connectivity index (χ0) is 18.4. The van der Waals surface area contributed by atoms with Crippen molar-refractivity contribution < 1.29 is 4.79 Å². The number of rotatable bonds is 5. The van der Waals surface area contributed by atoms with Gasteiger partial charge in [0.2, 0.25) is 0 Å². The number of amides is 1. The normalized spacial score (nSPS) is 10.0. The van der Waals surface area contributed by atoms with Crippen LogP contribution in [0.4, 0.5) is 17.2 Å². The van der Waals surface area contributed by atoms with Crippen LogP contribution in [0.5, 0.6) is 0 Å². The highest BCUT2D eigenvalue weighted by molar-refractivity contribution is 6.02. The molecule has 0 aliphatic heterocycles. The summed E-state index contributed by atoms with van der Waals surface area (Å²) in [6.07, 6.45) is 3.90. The molecule has 6 nitrogen and oxygen atoms in total. The molecule has 0 atom stereocenters. The number of aryl methyl sites for hydroxylation is 1. The molecule has 128 valence electrons. The number of hydrogen-bond acceptors (Lipinski definition) is 5. The van der Waals surface area contributed by atoms with Crippen molar-refractivity contribution >= 4 is 23.1 Å². The Morgan fingerprint density at radius 2 is 1.88 bits per heavy atom. The molecule has 0 saturated carbocycles. The quantitative estimate of drug-likeness (QED) is 0.733. The van der Waals surface area contributed by atoms with Crippen LogP contribution >= 0.6 is 0 Å². The van der Waals surface area contributed by atoms with Gasteiger partial charge in [-0.15, -0.1) is 0 Å². The van der Waals surface area contributed by atoms with Crippen molar-refractivity contribution in [2.24, 2.45) is 0 Å². The Labute approximate surface area is 151 Å². The highest BCUT2D eigenvalue weighted by Crippen LogP contribution is 2.15. The van der Waals surface area contributed by atoms with E-state index in [-0.39, 0.29) is 11.6 Å². The summed E-state index contributed by atoms with van der Waals surface area (Å²) in [6.45, 7) is 2.11. The lowest BCUT2D eigenvalue weighted by molar-refractivity contribution is 0.102. The lowest BCUT2D eigenvalue weighted by atomic mass is 10.1. The summed E-state index contributed by atoms with van der Waals surface area (Å²) in [5.74, 6) is 0.170. The first kappa shape index (κ1) is 17.1. The van der Waals surface area contributed by atoms with Gasteiger partial charge in [-0.05, 0) is 42.3 Å². The molecular formula is C20H17N5O. The van der Waals surface area contributed by atoms with Crippen LogP contribution in [0.25, 0.3) is 0 Å². The molecule has 2 aromatic carbocycles. The fraction of sp³-hybridized carbons (Fsp3) is 0.100. The van der Waals surface area contributed by atoms with Crippen molar-refractivity contribution in [1.29, 1.82) is 5.26 Å². The number of nitrogens with one attached hydrogen (secondary N) is 2. The van der Waals surface area contributed by atoms with Crippen molar-refractivity contribution in [2.75, 3.05) is 10.6 Å². The number of nitrogens with zero attached hydrogens (tertiary/aromatic N) is 3. The standard InChI is InChI=1S/C20H17N5O/c1-2-14-6-8-16(9-7-14)24-19-13-22-18(12-23-19)20(26)25-17-5-3-4-15(10-17)11-21/h3-10,12-13H,2H2,1H3,(H,23,24)(H,25,26). The maximum Gasteiger partial charge on any atom is 0.275 e. The first-order valence-electron chi connectivity index (χ1n) is 8.17. The van der Waals surface area contributed by atoms with Crippen LogP contribution in [-0.4, -0.2) is 15.9 Å². The molecule has 1 heterocycles. The van der Waals surface area contributed by atoms with E-state index in [1.165, 1.54) is 18.0 Å². The third-order valence-electron chi connectivity index (χ3n) is 3.77. The lowest BCUT2D eigenvalue weighted by Crippen LogP contribution is -2.14. The summed E-state index contributed by atoms with van der Waals surface area (Å²) in [5, 5.41) is 14.7. The predicted octanol–water partition coefficient (Wildman–Crippen LogP) is 3.91. The van der Waals surface area contributed by atoms with Gasteiger partial charge in [-0.25, -0.2) is 9.97 Å². The van der Waals surface area contributed by atoms with E-state index in [2.05, 4.69) is 27.5 Å². The average molecular weight is 343 g/mol. The summed E-state index contributed by atoms with van der Waals surface area (Å²) in [5.41, 5.74) is 3.37. The third kappa shape index (κ3) is 4.22. The molecule has 0 bridgehead atoms. The molecule has 0 radical (unpaired) electrons. The summed E-state index contributed by atoms with van der Waals surface area (Å²) < 4.78 is 0. The van der Waals surface area contributed by atoms with Crippen LogP contribution in [0, 0.1) is 11.3 Å². The first-order valence-corrected chi connectivity index (χ1v) is 8.17. The van der Waals surface area contributed by atoms with Crippen molar-refractivity contribution in [3.63, 3.8) is 0 Å². The first-order chi connectivity index (χ1) is 12.7. The van der Waals surface area contributed by atoms with Crippen molar-refractivity contribution in [3.8, 4) is 6.07 Å². The summed E-state index contributed by atoms with van der Waals surface area (Å²) in [4.78, 5) is 20.6. The zero-order valence-electron chi connectivity index (χ0n) is 14.2. The maximum absolute atomic E-state index is 12.2. The molecular weight excluding hydrogens is 326 g/mol. The van der Waals surface area contributed by atoms with Crippen molar-refractivity contribution in [2.45, 2.75) is 13.3 Å². The number of hydrogen-bond donors (Lipinski definition) is 2. The van der Waals surface area contributed by atoms with Gasteiger partial charge in [-0.2, -0.15) is 5.26 Å². The number of carbonyl (C=O) groups excluding carboxylic acids is 1. The monoisotopic (exact) mass is 343 g/mol. The topological polar surface area (TPSA) is 90.7 Å². The van der Waals surface area contributed by atoms with Crippen LogP contribution in [0.1, 0.15) is 28.5 Å². The molecule has 0 unspecified atom stereocenters. The van der Waals surface area contributed by atoms with Gasteiger partial charge in [0.15, 0.2) is 0 Å². The van der Waals surface area contributed by atoms with Gasteiger partial charge in [0.05, 0.1) is 24.0 Å². The summed E-state index contributed by atoms with van der Waals surface area (Å²) >= 11 is 0. The molecule has 2 N–H and O–H groups in total. The molecule has 0 aliphatic carbocycles. The van der Waals surface area contributed by atoms with E-state index >= 15 is 0 Å². The second-order valence-corrected chi connectivity index (χ2v) is 5.61. The number of aromatic nitrogens is 2. The Bertz CT molecular complexity index is 943. The molecule has 26 heavy (non-hydrogen) atoms. The molecule has 0 aliphatic rings. The summed E-state index contributed by atoms with van der Waals surface area (Å²) in [6, 6.07) is 16.8. The van der Waals surface area contributed by atoms with E-state index < -0.39 is 0 Å². The molecule has 0 spiro atoms. The Morgan fingerprint density at radius 1 is 1.08 bits per heavy atom. The fourth-order valence-corrected chi connectivity index (χ4v) is 2.34. The van der Waals surface area contributed by atoms with Crippen molar-refractivity contribution in [3.05, 3.63) is 77.7 Å². The van der Waals surface area contributed by atoms with Gasteiger partial charge in [0.25, 0.3) is 5.91 Å². The van der Waals surface area contributed by atoms with Crippen LogP contribution in [0.15, 0.2) is 60.9 Å². The smallest absolute Gasteiger partial charge is 0.275 e. The van der Waals surface area contributed by atoms with Gasteiger partial charge in [0, 0.05) is 11.4 Å². The van der Waals surface area contributed by atoms with E-state index in [1.807, 2.05) is 30.3 Å². The Balaban J connectivity index is 1.66. The minimum absolute atomic E-state index is 0.194. The van der Waals surface area contributed by atoms with E-state index in [4.69, 9.17) is 5.26 Å². The number of anilines is 3. The largest absolute Gasteiger partial charge is 0.339 e. The highest BCUT2D eigenvalue weighted by atomic mass is 16.1. The maximum atomic E-state index is 12.2. The molecule has 3 aromatic rings. The molecule has 1 aromatic heterocycles. The average Bonchev–Trinajstić information content (AvgIpc) is 2.69. The Kier molecular flexibility index (Phi) is 5.20. The van der Waals surface area contributed by atoms with E-state index in [0.29, 0.717) is 17.1 Å². The van der Waals surface area contributed by atoms with Crippen LogP contribution < -0.4 is 10.6 Å². The van der Waals surface area contributed by atoms with E-state index in [9.17, 15) is 4.79 Å². The minimum Gasteiger partial charge on any atom is -0.339 e. The van der Waals surface area contributed by atoms with Gasteiger partial charge in [0.1, 0.15) is 11.5 Å². The molecule has 0 saturated heterocycles. The Hall–Kier alpha value is -3.72. The van der Waals surface area contributed by atoms with E-state index in [0.717, 1.165) is 12.1 Å². The molecule has 0 fully saturated rings. The molecule has 1 amide bonds. The second-order valence-electron chi connectivity index (χ2n) is 5.61. The number of carbonyl (C=O) groups is 1. The van der Waals surface area contributed by atoms with Gasteiger partial charge >= 0.3 is 0 Å². The lowest BCUT2D eigenvalue weighted by Gasteiger charge is -2.07. The van der Waals surface area contributed by atoms with Gasteiger partial charge in [-0.1, -0.05) is 25.1 Å². The second kappa shape index (κ2) is 7.90. The zero-order valence-corrected chi connectivity index (χ0v) is 14.2. The van der Waals surface area contributed by atoms with Crippen LogP contribution in [0.2, 0.25) is 0 Å². The number of benzene rings is 2. The molecule has 6 heteroatoms. The molecule has 3 rings (SSSR count). The van der Waals surface area contributed by atoms with Crippen LogP contribution in [0.3, 0.4) is 0 Å². The van der Waals surface area contributed by atoms with E-state index in [1.54, 1.807) is 24.3 Å². The SMILES string of the molecule is CCc1ccc(Nc2cnc(C(=O)Nc3cccc(C#N)c3)cn2)cc1. The van der Waals surface area contributed by atoms with Gasteiger partial charge < -0.3 is 10.6 Å². The van der Waals surface area contributed by atoms with Crippen molar-refractivity contribution in [1.82, 2.24) is 9.97 Å².